The zero-order valence-corrected chi connectivity index (χ0v) is 14.7. The minimum Gasteiger partial charge on any atom is -0.468 e. The number of piperazine rings is 1. The van der Waals surface area contributed by atoms with E-state index >= 15 is 0 Å². The number of rotatable bonds is 4. The molecule has 0 bridgehead atoms. The van der Waals surface area contributed by atoms with Crippen LogP contribution >= 0.6 is 11.6 Å². The number of nitrogens with zero attached hydrogens (tertiary/aromatic N) is 2. The van der Waals surface area contributed by atoms with E-state index in [1.165, 1.54) is 7.11 Å². The van der Waals surface area contributed by atoms with Crippen molar-refractivity contribution >= 4 is 23.5 Å². The van der Waals surface area contributed by atoms with Crippen molar-refractivity contribution in [3.8, 4) is 0 Å². The maximum absolute atomic E-state index is 12.4. The molecule has 1 saturated heterocycles. The van der Waals surface area contributed by atoms with Gasteiger partial charge in [-0.05, 0) is 24.5 Å². The first-order valence-corrected chi connectivity index (χ1v) is 8.84. The van der Waals surface area contributed by atoms with E-state index in [-0.39, 0.29) is 17.8 Å². The van der Waals surface area contributed by atoms with Crippen LogP contribution in [0.15, 0.2) is 24.3 Å². The number of hydrogen-bond acceptors (Lipinski definition) is 4. The monoisotopic (exact) mass is 350 g/mol. The van der Waals surface area contributed by atoms with Crippen LogP contribution in [0.4, 0.5) is 0 Å². The second-order valence-corrected chi connectivity index (χ2v) is 6.84. The fraction of sp³-hybridized carbons (Fsp3) is 0.556. The first-order valence-electron chi connectivity index (χ1n) is 8.47. The van der Waals surface area contributed by atoms with Crippen LogP contribution in [-0.2, 0) is 14.3 Å². The lowest BCUT2D eigenvalue weighted by atomic mass is 9.84. The summed E-state index contributed by atoms with van der Waals surface area (Å²) >= 11 is 6.29. The Hall–Kier alpha value is -1.59. The second-order valence-electron chi connectivity index (χ2n) is 6.44. The number of carbonyl (C=O) groups is 2. The van der Waals surface area contributed by atoms with Gasteiger partial charge in [0.1, 0.15) is 6.04 Å². The third kappa shape index (κ3) is 3.42. The Morgan fingerprint density at radius 2 is 1.83 bits per heavy atom. The maximum Gasteiger partial charge on any atom is 0.327 e. The van der Waals surface area contributed by atoms with Gasteiger partial charge in [0.15, 0.2) is 0 Å². The molecule has 0 aromatic heterocycles. The highest BCUT2D eigenvalue weighted by atomic mass is 35.5. The van der Waals surface area contributed by atoms with Crippen LogP contribution in [0.1, 0.15) is 30.9 Å². The van der Waals surface area contributed by atoms with Crippen molar-refractivity contribution in [3.05, 3.63) is 34.9 Å². The van der Waals surface area contributed by atoms with Gasteiger partial charge in [-0.1, -0.05) is 36.2 Å². The summed E-state index contributed by atoms with van der Waals surface area (Å²) in [7, 11) is 1.39. The molecule has 1 heterocycles. The summed E-state index contributed by atoms with van der Waals surface area (Å²) < 4.78 is 4.99. The Morgan fingerprint density at radius 3 is 2.38 bits per heavy atom. The molecule has 6 heteroatoms. The minimum absolute atomic E-state index is 0.219. The van der Waals surface area contributed by atoms with E-state index < -0.39 is 6.04 Å². The fourth-order valence-corrected chi connectivity index (χ4v) is 3.63. The average Bonchev–Trinajstić information content (AvgIpc) is 2.55. The van der Waals surface area contributed by atoms with Crippen LogP contribution in [0.3, 0.4) is 0 Å². The van der Waals surface area contributed by atoms with Gasteiger partial charge in [-0.25, -0.2) is 4.79 Å². The predicted molar refractivity (Wildman–Crippen MR) is 91.7 cm³/mol. The highest BCUT2D eigenvalue weighted by Crippen LogP contribution is 2.31. The molecule has 0 N–H and O–H groups in total. The largest absolute Gasteiger partial charge is 0.468 e. The first kappa shape index (κ1) is 17.2. The third-order valence-corrected chi connectivity index (χ3v) is 5.41. The number of hydrogen-bond donors (Lipinski definition) is 0. The van der Waals surface area contributed by atoms with E-state index in [4.69, 9.17) is 16.3 Å². The van der Waals surface area contributed by atoms with Crippen LogP contribution < -0.4 is 0 Å². The van der Waals surface area contributed by atoms with Gasteiger partial charge >= 0.3 is 5.97 Å². The van der Waals surface area contributed by atoms with Gasteiger partial charge in [0, 0.05) is 37.1 Å². The van der Waals surface area contributed by atoms with E-state index in [0.29, 0.717) is 31.2 Å². The lowest BCUT2D eigenvalue weighted by Crippen LogP contribution is -2.53. The number of carbonyl (C=O) groups excluding carboxylic acids is 2. The van der Waals surface area contributed by atoms with Crippen LogP contribution in [0, 0.1) is 5.92 Å². The Balaban J connectivity index is 1.70. The Labute approximate surface area is 147 Å². The minimum atomic E-state index is -0.523. The lowest BCUT2D eigenvalue weighted by molar-refractivity contribution is -0.149. The molecule has 24 heavy (non-hydrogen) atoms. The maximum atomic E-state index is 12.4. The SMILES string of the molecule is COC(=O)[C@H](c1ccccc1Cl)N1CCN(C(=O)C2CCC2)CC1. The van der Waals surface area contributed by atoms with E-state index in [0.717, 1.165) is 24.8 Å². The van der Waals surface area contributed by atoms with Gasteiger partial charge < -0.3 is 9.64 Å². The van der Waals surface area contributed by atoms with Crippen molar-refractivity contribution in [1.29, 1.82) is 0 Å². The number of amides is 1. The molecular formula is C18H23ClN2O3. The number of methoxy groups -OCH3 is 1. The van der Waals surface area contributed by atoms with E-state index in [9.17, 15) is 9.59 Å². The zero-order valence-electron chi connectivity index (χ0n) is 13.9. The Kier molecular flexibility index (Phi) is 5.41. The molecular weight excluding hydrogens is 328 g/mol. The van der Waals surface area contributed by atoms with Gasteiger partial charge in [0.25, 0.3) is 0 Å². The van der Waals surface area contributed by atoms with Gasteiger partial charge in [-0.3, -0.25) is 9.69 Å². The van der Waals surface area contributed by atoms with Gasteiger partial charge in [-0.2, -0.15) is 0 Å². The fourth-order valence-electron chi connectivity index (χ4n) is 3.40. The molecule has 0 unspecified atom stereocenters. The molecule has 5 nitrogen and oxygen atoms in total. The van der Waals surface area contributed by atoms with Crippen LogP contribution in [0.25, 0.3) is 0 Å². The van der Waals surface area contributed by atoms with Crippen LogP contribution in [0.2, 0.25) is 5.02 Å². The summed E-state index contributed by atoms with van der Waals surface area (Å²) in [5.41, 5.74) is 0.754. The van der Waals surface area contributed by atoms with Crippen molar-refractivity contribution in [3.63, 3.8) is 0 Å². The van der Waals surface area contributed by atoms with Crippen molar-refractivity contribution in [1.82, 2.24) is 9.80 Å². The zero-order chi connectivity index (χ0) is 17.1. The molecule has 1 atom stereocenters. The van der Waals surface area contributed by atoms with E-state index in [1.54, 1.807) is 6.07 Å². The van der Waals surface area contributed by atoms with Crippen LogP contribution in [-0.4, -0.2) is 55.0 Å². The van der Waals surface area contributed by atoms with E-state index in [1.807, 2.05) is 23.1 Å². The lowest BCUT2D eigenvalue weighted by Gasteiger charge is -2.40. The normalized spacial score (nSPS) is 20.3. The quantitative estimate of drug-likeness (QED) is 0.783. The summed E-state index contributed by atoms with van der Waals surface area (Å²) in [4.78, 5) is 28.7. The molecule has 1 amide bonds. The van der Waals surface area contributed by atoms with Crippen molar-refractivity contribution in [2.24, 2.45) is 5.92 Å². The third-order valence-electron chi connectivity index (χ3n) is 5.07. The molecule has 0 radical (unpaired) electrons. The molecule has 1 aromatic rings. The number of halogens is 1. The first-order chi connectivity index (χ1) is 11.6. The molecule has 1 aromatic carbocycles. The molecule has 2 fully saturated rings. The topological polar surface area (TPSA) is 49.9 Å². The number of ether oxygens (including phenoxy) is 1. The molecule has 0 spiro atoms. The van der Waals surface area contributed by atoms with Crippen LogP contribution in [0.5, 0.6) is 0 Å². The highest BCUT2D eigenvalue weighted by molar-refractivity contribution is 6.31. The summed E-state index contributed by atoms with van der Waals surface area (Å²) in [6.45, 7) is 2.58. The molecule has 3 rings (SSSR count). The Bertz CT molecular complexity index is 610. The summed E-state index contributed by atoms with van der Waals surface area (Å²) in [6, 6.07) is 6.83. The Morgan fingerprint density at radius 1 is 1.17 bits per heavy atom. The molecule has 2 aliphatic rings. The van der Waals surface area contributed by atoms with E-state index in [2.05, 4.69) is 4.90 Å². The molecule has 130 valence electrons. The van der Waals surface area contributed by atoms with Gasteiger partial charge in [0.05, 0.1) is 7.11 Å². The predicted octanol–water partition coefficient (Wildman–Crippen LogP) is 2.50. The van der Waals surface area contributed by atoms with Crippen molar-refractivity contribution in [2.75, 3.05) is 33.3 Å². The van der Waals surface area contributed by atoms with Gasteiger partial charge in [-0.15, -0.1) is 0 Å². The van der Waals surface area contributed by atoms with Gasteiger partial charge in [0.2, 0.25) is 5.91 Å². The standard InChI is InChI=1S/C18H23ClN2O3/c1-24-18(23)16(14-7-2-3-8-15(14)19)20-9-11-21(12-10-20)17(22)13-5-4-6-13/h2-3,7-8,13,16H,4-6,9-12H2,1H3/t16-/m0/s1. The molecule has 1 saturated carbocycles. The molecule has 1 aliphatic heterocycles. The smallest absolute Gasteiger partial charge is 0.327 e. The summed E-state index contributed by atoms with van der Waals surface area (Å²) in [5.74, 6) is 0.173. The molecule has 1 aliphatic carbocycles. The number of benzene rings is 1. The highest BCUT2D eigenvalue weighted by Gasteiger charge is 2.35. The summed E-state index contributed by atoms with van der Waals surface area (Å²) in [6.07, 6.45) is 3.19. The average molecular weight is 351 g/mol. The van der Waals surface area contributed by atoms with Crippen molar-refractivity contribution in [2.45, 2.75) is 25.3 Å². The summed E-state index contributed by atoms with van der Waals surface area (Å²) in [5, 5.41) is 0.556. The number of esters is 1. The second kappa shape index (κ2) is 7.53. The van der Waals surface area contributed by atoms with Crippen molar-refractivity contribution < 1.29 is 14.3 Å².